The third-order valence-corrected chi connectivity index (χ3v) is 3.17. The fourth-order valence-electron chi connectivity index (χ4n) is 2.14. The van der Waals surface area contributed by atoms with Crippen LogP contribution in [-0.4, -0.2) is 20.7 Å². The summed E-state index contributed by atoms with van der Waals surface area (Å²) in [5.74, 6) is -2.79. The Morgan fingerprint density at radius 3 is 2.50 bits per heavy atom. The van der Waals surface area contributed by atoms with Crippen LogP contribution < -0.4 is 11.3 Å². The van der Waals surface area contributed by atoms with E-state index in [4.69, 9.17) is 9.52 Å². The van der Waals surface area contributed by atoms with Crippen LogP contribution in [-0.2, 0) is 0 Å². The number of para-hydroxylation sites is 1. The maximum Gasteiger partial charge on any atom is 0.426 e. The molecular formula is C15H9NO6. The smallest absolute Gasteiger partial charge is 0.426 e. The van der Waals surface area contributed by atoms with Gasteiger partial charge in [0, 0.05) is 6.07 Å². The van der Waals surface area contributed by atoms with Crippen molar-refractivity contribution in [2.75, 3.05) is 0 Å². The number of rotatable bonds is 2. The highest BCUT2D eigenvalue weighted by molar-refractivity contribution is 5.91. The lowest BCUT2D eigenvalue weighted by Crippen LogP contribution is -2.30. The first-order valence-corrected chi connectivity index (χ1v) is 6.20. The van der Waals surface area contributed by atoms with Crippen LogP contribution in [0.2, 0.25) is 0 Å². The lowest BCUT2D eigenvalue weighted by molar-refractivity contribution is 0.0694. The molecule has 7 heteroatoms. The monoisotopic (exact) mass is 299 g/mol. The van der Waals surface area contributed by atoms with Crippen LogP contribution in [0.3, 0.4) is 0 Å². The second kappa shape index (κ2) is 4.88. The van der Waals surface area contributed by atoms with Crippen molar-refractivity contribution >= 4 is 16.9 Å². The molecular weight excluding hydrogens is 290 g/mol. The molecule has 2 aromatic carbocycles. The molecule has 0 aliphatic rings. The standard InChI is InChI=1S/C15H9NO6/c17-11-7-8(5-6-9(11)14(19)20)16-13(18)10-3-1-2-4-12(10)22-15(16)21/h1-7,17H,(H,19,20). The molecule has 0 radical (unpaired) electrons. The molecule has 1 aromatic heterocycles. The zero-order valence-corrected chi connectivity index (χ0v) is 11.0. The average Bonchev–Trinajstić information content (AvgIpc) is 2.47. The minimum absolute atomic E-state index is 0.0204. The van der Waals surface area contributed by atoms with Crippen molar-refractivity contribution < 1.29 is 19.4 Å². The second-order valence-corrected chi connectivity index (χ2v) is 4.51. The van der Waals surface area contributed by atoms with Gasteiger partial charge in [0.05, 0.1) is 11.1 Å². The molecule has 7 nitrogen and oxygen atoms in total. The summed E-state index contributed by atoms with van der Waals surface area (Å²) in [5, 5.41) is 18.8. The van der Waals surface area contributed by atoms with Gasteiger partial charge in [-0.3, -0.25) is 4.79 Å². The Kier molecular flexibility index (Phi) is 3.03. The molecule has 22 heavy (non-hydrogen) atoms. The van der Waals surface area contributed by atoms with Crippen LogP contribution in [0, 0.1) is 0 Å². The molecule has 110 valence electrons. The summed E-state index contributed by atoms with van der Waals surface area (Å²) in [5.41, 5.74) is -0.775. The Balaban J connectivity index is 2.31. The lowest BCUT2D eigenvalue weighted by atomic mass is 10.2. The van der Waals surface area contributed by atoms with Crippen LogP contribution in [0.5, 0.6) is 5.75 Å². The first kappa shape index (κ1) is 13.6. The van der Waals surface area contributed by atoms with Crippen LogP contribution in [0.1, 0.15) is 10.4 Å². The zero-order valence-electron chi connectivity index (χ0n) is 11.0. The number of carboxylic acids is 1. The zero-order chi connectivity index (χ0) is 15.9. The molecule has 0 spiro atoms. The molecule has 3 rings (SSSR count). The topological polar surface area (TPSA) is 110 Å². The summed E-state index contributed by atoms with van der Waals surface area (Å²) < 4.78 is 5.78. The minimum Gasteiger partial charge on any atom is -0.507 e. The molecule has 0 unspecified atom stereocenters. The van der Waals surface area contributed by atoms with Gasteiger partial charge in [0.1, 0.15) is 16.9 Å². The Bertz CT molecular complexity index is 1010. The van der Waals surface area contributed by atoms with Crippen molar-refractivity contribution in [3.05, 3.63) is 68.9 Å². The number of phenols is 1. The van der Waals surface area contributed by atoms with Crippen LogP contribution >= 0.6 is 0 Å². The van der Waals surface area contributed by atoms with Crippen LogP contribution in [0.4, 0.5) is 0 Å². The van der Waals surface area contributed by atoms with Crippen molar-refractivity contribution in [1.29, 1.82) is 0 Å². The van der Waals surface area contributed by atoms with E-state index >= 15 is 0 Å². The highest BCUT2D eigenvalue weighted by Gasteiger charge is 2.15. The van der Waals surface area contributed by atoms with Gasteiger partial charge in [-0.1, -0.05) is 12.1 Å². The van der Waals surface area contributed by atoms with Crippen molar-refractivity contribution in [2.24, 2.45) is 0 Å². The van der Waals surface area contributed by atoms with Crippen LogP contribution in [0.15, 0.2) is 56.5 Å². The van der Waals surface area contributed by atoms with Crippen LogP contribution in [0.25, 0.3) is 16.7 Å². The van der Waals surface area contributed by atoms with Gasteiger partial charge >= 0.3 is 11.7 Å². The van der Waals surface area contributed by atoms with Crippen molar-refractivity contribution in [1.82, 2.24) is 4.57 Å². The average molecular weight is 299 g/mol. The van der Waals surface area contributed by atoms with E-state index in [0.717, 1.165) is 16.7 Å². The van der Waals surface area contributed by atoms with E-state index in [1.807, 2.05) is 0 Å². The summed E-state index contributed by atoms with van der Waals surface area (Å²) in [4.78, 5) is 35.2. The van der Waals surface area contributed by atoms with Gasteiger partial charge in [-0.15, -0.1) is 0 Å². The maximum atomic E-state index is 12.4. The number of aromatic nitrogens is 1. The Morgan fingerprint density at radius 1 is 1.09 bits per heavy atom. The fraction of sp³-hybridized carbons (Fsp3) is 0. The number of benzene rings is 2. The molecule has 0 saturated heterocycles. The predicted octanol–water partition coefficient (Wildman–Crippen LogP) is 1.35. The predicted molar refractivity (Wildman–Crippen MR) is 76.7 cm³/mol. The van der Waals surface area contributed by atoms with Gasteiger partial charge in [-0.05, 0) is 24.3 Å². The molecule has 0 amide bonds. The summed E-state index contributed by atoms with van der Waals surface area (Å²) in [6.45, 7) is 0. The molecule has 1 heterocycles. The highest BCUT2D eigenvalue weighted by Crippen LogP contribution is 2.20. The molecule has 0 fully saturated rings. The van der Waals surface area contributed by atoms with Gasteiger partial charge in [0.25, 0.3) is 5.56 Å². The van der Waals surface area contributed by atoms with E-state index in [0.29, 0.717) is 0 Å². The van der Waals surface area contributed by atoms with E-state index in [1.54, 1.807) is 12.1 Å². The van der Waals surface area contributed by atoms with Crippen molar-refractivity contribution in [2.45, 2.75) is 0 Å². The Labute approximate surface area is 122 Å². The lowest BCUT2D eigenvalue weighted by Gasteiger charge is -2.07. The normalized spacial score (nSPS) is 10.7. The first-order valence-electron chi connectivity index (χ1n) is 6.20. The number of nitrogens with zero attached hydrogens (tertiary/aromatic N) is 1. The minimum atomic E-state index is -1.32. The molecule has 0 atom stereocenters. The maximum absolute atomic E-state index is 12.4. The third-order valence-electron chi connectivity index (χ3n) is 3.17. The quantitative estimate of drug-likeness (QED) is 0.739. The number of carboxylic acid groups (broad SMARTS) is 1. The second-order valence-electron chi connectivity index (χ2n) is 4.51. The third kappa shape index (κ3) is 2.05. The van der Waals surface area contributed by atoms with E-state index < -0.39 is 23.0 Å². The number of aromatic hydroxyl groups is 1. The summed E-state index contributed by atoms with van der Waals surface area (Å²) in [6, 6.07) is 9.62. The summed E-state index contributed by atoms with van der Waals surface area (Å²) in [7, 11) is 0. The summed E-state index contributed by atoms with van der Waals surface area (Å²) >= 11 is 0. The van der Waals surface area contributed by atoms with Gasteiger partial charge in [-0.2, -0.15) is 0 Å². The van der Waals surface area contributed by atoms with E-state index in [-0.39, 0.29) is 22.2 Å². The molecule has 3 aromatic rings. The number of fused-ring (bicyclic) bond motifs is 1. The fourth-order valence-corrected chi connectivity index (χ4v) is 2.14. The molecule has 0 aliphatic carbocycles. The highest BCUT2D eigenvalue weighted by atomic mass is 16.4. The molecule has 2 N–H and O–H groups in total. The number of hydrogen-bond donors (Lipinski definition) is 2. The van der Waals surface area contributed by atoms with E-state index in [1.165, 1.54) is 18.2 Å². The largest absolute Gasteiger partial charge is 0.507 e. The van der Waals surface area contributed by atoms with Gasteiger partial charge in [0.15, 0.2) is 0 Å². The first-order chi connectivity index (χ1) is 10.5. The Hall–Kier alpha value is -3.35. The van der Waals surface area contributed by atoms with Gasteiger partial charge in [0.2, 0.25) is 0 Å². The van der Waals surface area contributed by atoms with E-state index in [2.05, 4.69) is 0 Å². The molecule has 0 aliphatic heterocycles. The number of aromatic carboxylic acids is 1. The van der Waals surface area contributed by atoms with Crippen molar-refractivity contribution in [3.63, 3.8) is 0 Å². The number of hydrogen-bond acceptors (Lipinski definition) is 5. The van der Waals surface area contributed by atoms with Gasteiger partial charge in [-0.25, -0.2) is 14.2 Å². The van der Waals surface area contributed by atoms with Gasteiger partial charge < -0.3 is 14.6 Å². The Morgan fingerprint density at radius 2 is 1.82 bits per heavy atom. The SMILES string of the molecule is O=C(O)c1ccc(-n2c(=O)oc3ccccc3c2=O)cc1O. The molecule has 0 bridgehead atoms. The summed E-state index contributed by atoms with van der Waals surface area (Å²) in [6.07, 6.45) is 0. The van der Waals surface area contributed by atoms with Crippen molar-refractivity contribution in [3.8, 4) is 11.4 Å². The number of carbonyl (C=O) groups is 1. The van der Waals surface area contributed by atoms with E-state index in [9.17, 15) is 19.5 Å². The molecule has 0 saturated carbocycles.